The highest BCUT2D eigenvalue weighted by molar-refractivity contribution is 6.04. The monoisotopic (exact) mass is 352 g/mol. The average Bonchev–Trinajstić information content (AvgIpc) is 3.02. The molecule has 2 heterocycles. The van der Waals surface area contributed by atoms with Gasteiger partial charge in [-0.25, -0.2) is 4.39 Å². The molecule has 0 bridgehead atoms. The lowest BCUT2D eigenvalue weighted by Crippen LogP contribution is -2.40. The smallest absolute Gasteiger partial charge is 0.232 e. The summed E-state index contributed by atoms with van der Waals surface area (Å²) < 4.78 is 14.0. The molecule has 0 aliphatic carbocycles. The van der Waals surface area contributed by atoms with Crippen molar-refractivity contribution in [1.82, 2.24) is 0 Å². The molecule has 1 atom stereocenters. The van der Waals surface area contributed by atoms with E-state index in [0.29, 0.717) is 6.54 Å². The van der Waals surface area contributed by atoms with Gasteiger partial charge in [-0.3, -0.25) is 9.59 Å². The van der Waals surface area contributed by atoms with E-state index in [1.165, 1.54) is 22.1 Å². The number of benzene rings is 2. The normalized spacial score (nSPS) is 19.6. The van der Waals surface area contributed by atoms with E-state index in [4.69, 9.17) is 0 Å². The molecule has 1 saturated heterocycles. The number of amides is 2. The van der Waals surface area contributed by atoms with Crippen molar-refractivity contribution in [3.05, 3.63) is 59.4 Å². The van der Waals surface area contributed by atoms with Gasteiger partial charge in [-0.05, 0) is 43.5 Å². The third kappa shape index (κ3) is 2.87. The molecule has 5 heteroatoms. The second-order valence-corrected chi connectivity index (χ2v) is 7.08. The number of hydrogen-bond donors (Lipinski definition) is 0. The molecule has 1 fully saturated rings. The van der Waals surface area contributed by atoms with Crippen LogP contribution in [0.4, 0.5) is 15.8 Å². The van der Waals surface area contributed by atoms with Gasteiger partial charge < -0.3 is 9.80 Å². The van der Waals surface area contributed by atoms with Gasteiger partial charge in [0.2, 0.25) is 11.8 Å². The molecule has 0 radical (unpaired) electrons. The molecule has 0 unspecified atom stereocenters. The van der Waals surface area contributed by atoms with Crippen LogP contribution in [-0.2, 0) is 16.0 Å². The Morgan fingerprint density at radius 1 is 1.15 bits per heavy atom. The standard InChI is InChI=1S/C21H21FN2O2/c1-14-8-9-18-15(11-14)5-4-10-23(18)21(26)16-12-20(25)24(13-16)19-7-3-2-6-17(19)22/h2-3,6-9,11,16H,4-5,10,12-13H2,1H3/t16-/m1/s1. The molecule has 4 rings (SSSR count). The van der Waals surface area contributed by atoms with Crippen molar-refractivity contribution in [2.75, 3.05) is 22.9 Å². The Morgan fingerprint density at radius 3 is 2.77 bits per heavy atom. The quantitative estimate of drug-likeness (QED) is 0.830. The first kappa shape index (κ1) is 16.8. The Kier molecular flexibility index (Phi) is 4.23. The summed E-state index contributed by atoms with van der Waals surface area (Å²) in [7, 11) is 0. The number of carbonyl (C=O) groups excluding carboxylic acids is 2. The fourth-order valence-corrected chi connectivity index (χ4v) is 3.95. The number of rotatable bonds is 2. The van der Waals surface area contributed by atoms with Crippen LogP contribution in [0.2, 0.25) is 0 Å². The second kappa shape index (κ2) is 6.56. The number of para-hydroxylation sites is 1. The Bertz CT molecular complexity index is 880. The lowest BCUT2D eigenvalue weighted by Gasteiger charge is -2.31. The third-order valence-electron chi connectivity index (χ3n) is 5.24. The molecule has 26 heavy (non-hydrogen) atoms. The molecule has 0 N–H and O–H groups in total. The molecule has 2 aromatic rings. The van der Waals surface area contributed by atoms with E-state index >= 15 is 0 Å². The van der Waals surface area contributed by atoms with Gasteiger partial charge >= 0.3 is 0 Å². The molecule has 4 nitrogen and oxygen atoms in total. The summed E-state index contributed by atoms with van der Waals surface area (Å²) in [6.45, 7) is 2.94. The van der Waals surface area contributed by atoms with E-state index in [2.05, 4.69) is 6.07 Å². The summed E-state index contributed by atoms with van der Waals surface area (Å²) in [5.74, 6) is -1.11. The summed E-state index contributed by atoms with van der Waals surface area (Å²) in [4.78, 5) is 28.7. The van der Waals surface area contributed by atoms with Crippen molar-refractivity contribution in [3.8, 4) is 0 Å². The molecule has 2 aliphatic rings. The minimum absolute atomic E-state index is 0.0398. The van der Waals surface area contributed by atoms with Gasteiger partial charge in [0.25, 0.3) is 0 Å². The number of aryl methyl sites for hydroxylation is 2. The van der Waals surface area contributed by atoms with E-state index < -0.39 is 11.7 Å². The van der Waals surface area contributed by atoms with Crippen LogP contribution in [0.15, 0.2) is 42.5 Å². The van der Waals surface area contributed by atoms with Crippen molar-refractivity contribution in [2.45, 2.75) is 26.2 Å². The topological polar surface area (TPSA) is 40.6 Å². The summed E-state index contributed by atoms with van der Waals surface area (Å²) in [5.41, 5.74) is 3.56. The molecule has 2 aromatic carbocycles. The van der Waals surface area contributed by atoms with Crippen LogP contribution >= 0.6 is 0 Å². The van der Waals surface area contributed by atoms with E-state index in [1.54, 1.807) is 23.1 Å². The fraction of sp³-hybridized carbons (Fsp3) is 0.333. The molecule has 0 aromatic heterocycles. The zero-order valence-electron chi connectivity index (χ0n) is 14.7. The maximum absolute atomic E-state index is 14.0. The summed E-state index contributed by atoms with van der Waals surface area (Å²) in [5, 5.41) is 0. The predicted octanol–water partition coefficient (Wildman–Crippen LogP) is 3.47. The van der Waals surface area contributed by atoms with Crippen LogP contribution in [0.3, 0.4) is 0 Å². The molecule has 0 saturated carbocycles. The van der Waals surface area contributed by atoms with Crippen molar-refractivity contribution in [1.29, 1.82) is 0 Å². The lowest BCUT2D eigenvalue weighted by atomic mass is 9.97. The molecule has 134 valence electrons. The third-order valence-corrected chi connectivity index (χ3v) is 5.24. The SMILES string of the molecule is Cc1ccc2c(c1)CCCN2C(=O)[C@@H]1CC(=O)N(c2ccccc2F)C1. The zero-order valence-corrected chi connectivity index (χ0v) is 14.7. The van der Waals surface area contributed by atoms with Gasteiger partial charge in [0.15, 0.2) is 0 Å². The maximum Gasteiger partial charge on any atom is 0.232 e. The van der Waals surface area contributed by atoms with Crippen molar-refractivity contribution < 1.29 is 14.0 Å². The molecule has 2 aliphatic heterocycles. The Morgan fingerprint density at radius 2 is 1.96 bits per heavy atom. The van der Waals surface area contributed by atoms with Crippen molar-refractivity contribution in [3.63, 3.8) is 0 Å². The van der Waals surface area contributed by atoms with Crippen LogP contribution in [0, 0.1) is 18.7 Å². The lowest BCUT2D eigenvalue weighted by molar-refractivity contribution is -0.124. The number of anilines is 2. The van der Waals surface area contributed by atoms with E-state index in [1.807, 2.05) is 19.1 Å². The highest BCUT2D eigenvalue weighted by Crippen LogP contribution is 2.33. The van der Waals surface area contributed by atoms with Gasteiger partial charge in [0, 0.05) is 25.2 Å². The number of carbonyl (C=O) groups is 2. The van der Waals surface area contributed by atoms with Crippen LogP contribution in [-0.4, -0.2) is 24.9 Å². The Hall–Kier alpha value is -2.69. The van der Waals surface area contributed by atoms with Gasteiger partial charge in [-0.1, -0.05) is 29.8 Å². The highest BCUT2D eigenvalue weighted by Gasteiger charge is 2.39. The number of fused-ring (bicyclic) bond motifs is 1. The first-order valence-electron chi connectivity index (χ1n) is 9.00. The zero-order chi connectivity index (χ0) is 18.3. The largest absolute Gasteiger partial charge is 0.312 e. The first-order valence-corrected chi connectivity index (χ1v) is 9.00. The van der Waals surface area contributed by atoms with Crippen LogP contribution < -0.4 is 9.80 Å². The van der Waals surface area contributed by atoms with E-state index in [0.717, 1.165) is 18.5 Å². The molecule has 2 amide bonds. The van der Waals surface area contributed by atoms with Gasteiger partial charge in [0.1, 0.15) is 5.82 Å². The van der Waals surface area contributed by atoms with E-state index in [-0.39, 0.29) is 30.5 Å². The summed E-state index contributed by atoms with van der Waals surface area (Å²) >= 11 is 0. The minimum atomic E-state index is -0.437. The summed E-state index contributed by atoms with van der Waals surface area (Å²) in [6, 6.07) is 12.3. The van der Waals surface area contributed by atoms with Crippen LogP contribution in [0.5, 0.6) is 0 Å². The Labute approximate surface area is 152 Å². The van der Waals surface area contributed by atoms with Gasteiger partial charge in [0.05, 0.1) is 11.6 Å². The van der Waals surface area contributed by atoms with Crippen LogP contribution in [0.1, 0.15) is 24.0 Å². The summed E-state index contributed by atoms with van der Waals surface area (Å²) in [6.07, 6.45) is 2.01. The fourth-order valence-electron chi connectivity index (χ4n) is 3.95. The maximum atomic E-state index is 14.0. The second-order valence-electron chi connectivity index (χ2n) is 7.08. The molecular formula is C21H21FN2O2. The van der Waals surface area contributed by atoms with Crippen LogP contribution in [0.25, 0.3) is 0 Å². The van der Waals surface area contributed by atoms with Gasteiger partial charge in [-0.15, -0.1) is 0 Å². The van der Waals surface area contributed by atoms with Crippen molar-refractivity contribution in [2.24, 2.45) is 5.92 Å². The first-order chi connectivity index (χ1) is 12.5. The number of nitrogens with zero attached hydrogens (tertiary/aromatic N) is 2. The number of hydrogen-bond acceptors (Lipinski definition) is 2. The minimum Gasteiger partial charge on any atom is -0.312 e. The highest BCUT2D eigenvalue weighted by atomic mass is 19.1. The molecule has 0 spiro atoms. The average molecular weight is 352 g/mol. The molecular weight excluding hydrogens is 331 g/mol. The predicted molar refractivity (Wildman–Crippen MR) is 98.7 cm³/mol. The van der Waals surface area contributed by atoms with Crippen molar-refractivity contribution >= 4 is 23.2 Å². The van der Waals surface area contributed by atoms with Gasteiger partial charge in [-0.2, -0.15) is 0 Å². The number of halogens is 1. The van der Waals surface area contributed by atoms with E-state index in [9.17, 15) is 14.0 Å². The Balaban J connectivity index is 1.57.